The van der Waals surface area contributed by atoms with Crippen LogP contribution in [-0.2, 0) is 16.9 Å². The van der Waals surface area contributed by atoms with Crippen molar-refractivity contribution >= 4 is 44.0 Å². The Kier molecular flexibility index (Phi) is 8.25. The van der Waals surface area contributed by atoms with Gasteiger partial charge in [-0.2, -0.15) is 0 Å². The van der Waals surface area contributed by atoms with E-state index in [2.05, 4.69) is 29.2 Å². The highest BCUT2D eigenvalue weighted by Crippen LogP contribution is 2.40. The van der Waals surface area contributed by atoms with Crippen molar-refractivity contribution < 1.29 is 17.9 Å². The van der Waals surface area contributed by atoms with Gasteiger partial charge in [0.05, 0.1) is 20.8 Å². The number of hydrogen-bond donors (Lipinski definition) is 0. The van der Waals surface area contributed by atoms with Gasteiger partial charge in [0.25, 0.3) is 5.56 Å². The molecule has 0 aliphatic rings. The summed E-state index contributed by atoms with van der Waals surface area (Å²) in [5.74, 6) is 1.21. The van der Waals surface area contributed by atoms with Crippen LogP contribution in [0.4, 0.5) is 0 Å². The van der Waals surface area contributed by atoms with Crippen molar-refractivity contribution in [1.82, 2.24) is 4.57 Å². The number of sulfone groups is 1. The minimum atomic E-state index is -3.49. The van der Waals surface area contributed by atoms with Crippen molar-refractivity contribution in [2.45, 2.75) is 18.2 Å². The maximum atomic E-state index is 12.6. The van der Waals surface area contributed by atoms with Crippen LogP contribution in [0, 0.1) is 3.57 Å². The largest absolute Gasteiger partial charge is 0.492 e. The molecular formula is C24H23ClINO5S. The zero-order valence-electron chi connectivity index (χ0n) is 18.2. The standard InChI is InChI=1S/C24H23ClINO5S/c1-4-6-11-31-22-14-24(28)27(3)15-19(22)18-13-17(33(29,30)5-2)8-10-21(18)32-23-12-16(25)7-9-20(23)26/h4,7-10,12-15H,1,5-6,11H2,2-3H3. The average Bonchev–Trinajstić information content (AvgIpc) is 2.79. The maximum Gasteiger partial charge on any atom is 0.254 e. The molecule has 33 heavy (non-hydrogen) atoms. The first-order valence-corrected chi connectivity index (χ1v) is 13.2. The summed E-state index contributed by atoms with van der Waals surface area (Å²) in [6.07, 6.45) is 3.91. The minimum absolute atomic E-state index is 0.0468. The molecule has 0 aliphatic heterocycles. The molecule has 0 bridgehead atoms. The fraction of sp³-hybridized carbons (Fsp3) is 0.208. The highest BCUT2D eigenvalue weighted by atomic mass is 127. The second-order valence-corrected chi connectivity index (χ2v) is 11.0. The van der Waals surface area contributed by atoms with E-state index in [9.17, 15) is 13.2 Å². The average molecular weight is 600 g/mol. The highest BCUT2D eigenvalue weighted by molar-refractivity contribution is 14.1. The van der Waals surface area contributed by atoms with E-state index in [4.69, 9.17) is 21.1 Å². The summed E-state index contributed by atoms with van der Waals surface area (Å²) in [6.45, 7) is 5.59. The maximum absolute atomic E-state index is 12.6. The van der Waals surface area contributed by atoms with Crippen molar-refractivity contribution in [2.24, 2.45) is 7.05 Å². The number of ether oxygens (including phenoxy) is 2. The zero-order chi connectivity index (χ0) is 24.2. The summed E-state index contributed by atoms with van der Waals surface area (Å²) in [5.41, 5.74) is 0.752. The lowest BCUT2D eigenvalue weighted by Gasteiger charge is -2.18. The van der Waals surface area contributed by atoms with Crippen LogP contribution in [0.5, 0.6) is 17.2 Å². The molecule has 3 rings (SSSR count). The number of rotatable bonds is 9. The first-order chi connectivity index (χ1) is 15.7. The lowest BCUT2D eigenvalue weighted by Crippen LogP contribution is -2.16. The van der Waals surface area contributed by atoms with Gasteiger partial charge in [0, 0.05) is 41.5 Å². The molecule has 1 heterocycles. The Bertz CT molecular complexity index is 1350. The highest BCUT2D eigenvalue weighted by Gasteiger charge is 2.20. The van der Waals surface area contributed by atoms with Gasteiger partial charge in [0.1, 0.15) is 17.2 Å². The lowest BCUT2D eigenvalue weighted by molar-refractivity contribution is 0.325. The molecule has 6 nitrogen and oxygen atoms in total. The molecule has 0 N–H and O–H groups in total. The molecule has 0 aliphatic carbocycles. The van der Waals surface area contributed by atoms with Crippen LogP contribution in [0.2, 0.25) is 5.02 Å². The van der Waals surface area contributed by atoms with Crippen LogP contribution in [0.3, 0.4) is 0 Å². The Morgan fingerprint density at radius 2 is 1.85 bits per heavy atom. The number of nitrogens with zero attached hydrogens (tertiary/aromatic N) is 1. The fourth-order valence-electron chi connectivity index (χ4n) is 3.03. The number of pyridine rings is 1. The van der Waals surface area contributed by atoms with Crippen LogP contribution >= 0.6 is 34.2 Å². The predicted octanol–water partition coefficient (Wildman–Crippen LogP) is 5.85. The van der Waals surface area contributed by atoms with Crippen LogP contribution < -0.4 is 15.0 Å². The van der Waals surface area contributed by atoms with Crippen LogP contribution in [0.15, 0.2) is 71.0 Å². The van der Waals surface area contributed by atoms with Gasteiger partial charge in [-0.3, -0.25) is 4.79 Å². The molecule has 174 valence electrons. The van der Waals surface area contributed by atoms with Gasteiger partial charge in [-0.05, 0) is 59.3 Å². The van der Waals surface area contributed by atoms with Gasteiger partial charge in [-0.25, -0.2) is 8.42 Å². The van der Waals surface area contributed by atoms with Crippen molar-refractivity contribution in [3.05, 3.63) is 80.3 Å². The van der Waals surface area contributed by atoms with E-state index >= 15 is 0 Å². The van der Waals surface area contributed by atoms with E-state index < -0.39 is 9.84 Å². The third kappa shape index (κ3) is 5.99. The number of aryl methyl sites for hydroxylation is 1. The van der Waals surface area contributed by atoms with Gasteiger partial charge in [-0.15, -0.1) is 6.58 Å². The Morgan fingerprint density at radius 3 is 2.55 bits per heavy atom. The summed E-state index contributed by atoms with van der Waals surface area (Å²) in [6, 6.07) is 11.3. The predicted molar refractivity (Wildman–Crippen MR) is 139 cm³/mol. The number of halogens is 2. The minimum Gasteiger partial charge on any atom is -0.492 e. The second kappa shape index (κ2) is 10.8. The molecule has 9 heteroatoms. The van der Waals surface area contributed by atoms with Crippen molar-refractivity contribution in [2.75, 3.05) is 12.4 Å². The van der Waals surface area contributed by atoms with Crippen molar-refractivity contribution in [3.63, 3.8) is 0 Å². The van der Waals surface area contributed by atoms with E-state index in [1.807, 2.05) is 6.07 Å². The molecular weight excluding hydrogens is 577 g/mol. The topological polar surface area (TPSA) is 74.6 Å². The molecule has 0 saturated heterocycles. The van der Waals surface area contributed by atoms with Crippen LogP contribution in [0.25, 0.3) is 11.1 Å². The van der Waals surface area contributed by atoms with Gasteiger partial charge in [0.2, 0.25) is 0 Å². The molecule has 0 fully saturated rings. The first kappa shape index (κ1) is 25.3. The monoisotopic (exact) mass is 599 g/mol. The summed E-state index contributed by atoms with van der Waals surface area (Å²) in [5, 5.41) is 0.507. The molecule has 3 aromatic rings. The zero-order valence-corrected chi connectivity index (χ0v) is 21.9. The van der Waals surface area contributed by atoms with Gasteiger partial charge in [0.15, 0.2) is 9.84 Å². The van der Waals surface area contributed by atoms with E-state index in [0.29, 0.717) is 46.4 Å². The second-order valence-electron chi connectivity index (χ2n) is 7.16. The van der Waals surface area contributed by atoms with Crippen LogP contribution in [-0.4, -0.2) is 25.3 Å². The van der Waals surface area contributed by atoms with E-state index in [1.54, 1.807) is 50.5 Å². The van der Waals surface area contributed by atoms with Crippen molar-refractivity contribution in [1.29, 1.82) is 0 Å². The SMILES string of the molecule is C=CCCOc1cc(=O)n(C)cc1-c1cc(S(=O)(=O)CC)ccc1Oc1cc(Cl)ccc1I. The Balaban J connectivity index is 2.24. The quantitative estimate of drug-likeness (QED) is 0.175. The molecule has 1 aromatic heterocycles. The molecule has 2 aromatic carbocycles. The lowest BCUT2D eigenvalue weighted by atomic mass is 10.1. The summed E-state index contributed by atoms with van der Waals surface area (Å²) in [4.78, 5) is 12.5. The third-order valence-corrected chi connectivity index (χ3v) is 7.72. The molecule has 0 saturated carbocycles. The smallest absolute Gasteiger partial charge is 0.254 e. The summed E-state index contributed by atoms with van der Waals surface area (Å²) in [7, 11) is -1.87. The Morgan fingerprint density at radius 1 is 1.09 bits per heavy atom. The molecule has 0 amide bonds. The molecule has 0 spiro atoms. The Labute approximate surface area is 211 Å². The number of benzene rings is 2. The van der Waals surface area contributed by atoms with Crippen LogP contribution in [0.1, 0.15) is 13.3 Å². The van der Waals surface area contributed by atoms with Gasteiger partial charge >= 0.3 is 0 Å². The summed E-state index contributed by atoms with van der Waals surface area (Å²) >= 11 is 8.28. The van der Waals surface area contributed by atoms with Gasteiger partial charge in [-0.1, -0.05) is 24.6 Å². The van der Waals surface area contributed by atoms with E-state index in [0.717, 1.165) is 3.57 Å². The third-order valence-electron chi connectivity index (χ3n) is 4.86. The van der Waals surface area contributed by atoms with E-state index in [1.165, 1.54) is 16.7 Å². The number of aromatic nitrogens is 1. The van der Waals surface area contributed by atoms with Crippen molar-refractivity contribution in [3.8, 4) is 28.4 Å². The summed E-state index contributed by atoms with van der Waals surface area (Å²) < 4.78 is 39.5. The molecule has 0 atom stereocenters. The fourth-order valence-corrected chi connectivity index (χ4v) is 4.54. The first-order valence-electron chi connectivity index (χ1n) is 10.1. The number of hydrogen-bond acceptors (Lipinski definition) is 5. The normalized spacial score (nSPS) is 11.3. The molecule has 0 radical (unpaired) electrons. The van der Waals surface area contributed by atoms with Gasteiger partial charge < -0.3 is 14.0 Å². The van der Waals surface area contributed by atoms with E-state index in [-0.39, 0.29) is 16.2 Å². The Hall–Kier alpha value is -2.30. The molecule has 0 unspecified atom stereocenters.